The van der Waals surface area contributed by atoms with Crippen LogP contribution in [0.2, 0.25) is 0 Å². The Morgan fingerprint density at radius 2 is 1.95 bits per heavy atom. The molecule has 0 saturated carbocycles. The van der Waals surface area contributed by atoms with E-state index in [4.69, 9.17) is 5.11 Å². The van der Waals surface area contributed by atoms with Gasteiger partial charge in [0.15, 0.2) is 0 Å². The summed E-state index contributed by atoms with van der Waals surface area (Å²) >= 11 is 1.47. The third-order valence-corrected chi connectivity index (χ3v) is 3.55. The van der Waals surface area contributed by atoms with Crippen molar-refractivity contribution in [2.75, 3.05) is 0 Å². The zero-order valence-corrected chi connectivity index (χ0v) is 12.1. The SMILES string of the molecule is Cc1nc(C)c(C(C)NC(=O)NC(=O)C=CC(=O)O)s1. The number of aliphatic carboxylic acids is 1. The van der Waals surface area contributed by atoms with Crippen LogP contribution in [-0.4, -0.2) is 28.0 Å². The minimum Gasteiger partial charge on any atom is -0.478 e. The van der Waals surface area contributed by atoms with E-state index < -0.39 is 17.9 Å². The van der Waals surface area contributed by atoms with Crippen LogP contribution in [0.25, 0.3) is 0 Å². The standard InChI is InChI=1S/C12H15N3O4S/c1-6-11(20-8(3)13-6)7(2)14-12(19)15-9(16)4-5-10(17)18/h4-5,7H,1-3H3,(H,17,18)(H2,14,15,16,19). The molecule has 0 fully saturated rings. The molecule has 0 aromatic carbocycles. The second-order valence-electron chi connectivity index (χ2n) is 4.04. The van der Waals surface area contributed by atoms with E-state index in [1.807, 2.05) is 19.2 Å². The molecule has 1 heterocycles. The quantitative estimate of drug-likeness (QED) is 0.726. The first-order valence-corrected chi connectivity index (χ1v) is 6.57. The molecule has 1 aromatic heterocycles. The monoisotopic (exact) mass is 297 g/mol. The molecule has 1 rings (SSSR count). The molecule has 0 aliphatic carbocycles. The minimum atomic E-state index is -1.26. The van der Waals surface area contributed by atoms with Gasteiger partial charge in [-0.25, -0.2) is 14.6 Å². The number of hydrogen-bond donors (Lipinski definition) is 3. The van der Waals surface area contributed by atoms with Crippen molar-refractivity contribution in [3.63, 3.8) is 0 Å². The summed E-state index contributed by atoms with van der Waals surface area (Å²) in [6, 6.07) is -0.986. The first-order chi connectivity index (χ1) is 9.29. The number of rotatable bonds is 4. The van der Waals surface area contributed by atoms with Gasteiger partial charge in [-0.05, 0) is 20.8 Å². The van der Waals surface area contributed by atoms with Crippen LogP contribution in [0.3, 0.4) is 0 Å². The van der Waals surface area contributed by atoms with Gasteiger partial charge in [0.2, 0.25) is 0 Å². The van der Waals surface area contributed by atoms with Crippen LogP contribution in [0.4, 0.5) is 4.79 Å². The van der Waals surface area contributed by atoms with Gasteiger partial charge in [-0.1, -0.05) is 0 Å². The zero-order chi connectivity index (χ0) is 15.3. The van der Waals surface area contributed by atoms with Crippen molar-refractivity contribution in [2.45, 2.75) is 26.8 Å². The minimum absolute atomic E-state index is 0.294. The number of imide groups is 1. The summed E-state index contributed by atoms with van der Waals surface area (Å²) in [5.41, 5.74) is 0.831. The molecule has 1 atom stereocenters. The molecule has 0 saturated heterocycles. The van der Waals surface area contributed by atoms with E-state index in [-0.39, 0.29) is 6.04 Å². The summed E-state index contributed by atoms with van der Waals surface area (Å²) in [4.78, 5) is 38.2. The lowest BCUT2D eigenvalue weighted by Crippen LogP contribution is -2.39. The van der Waals surface area contributed by atoms with Crippen molar-refractivity contribution < 1.29 is 19.5 Å². The van der Waals surface area contributed by atoms with Gasteiger partial charge in [0, 0.05) is 17.0 Å². The Labute approximate surface area is 119 Å². The molecule has 0 aliphatic rings. The largest absolute Gasteiger partial charge is 0.478 e. The van der Waals surface area contributed by atoms with Crippen molar-refractivity contribution in [3.05, 3.63) is 27.7 Å². The molecule has 3 amide bonds. The number of carbonyl (C=O) groups excluding carboxylic acids is 2. The maximum atomic E-state index is 11.6. The van der Waals surface area contributed by atoms with Gasteiger partial charge in [0.25, 0.3) is 5.91 Å². The van der Waals surface area contributed by atoms with Crippen LogP contribution in [0.1, 0.15) is 28.5 Å². The molecule has 0 radical (unpaired) electrons. The highest BCUT2D eigenvalue weighted by atomic mass is 32.1. The molecular weight excluding hydrogens is 282 g/mol. The summed E-state index contributed by atoms with van der Waals surface area (Å²) in [6.07, 6.45) is 1.43. The van der Waals surface area contributed by atoms with E-state index in [1.165, 1.54) is 11.3 Å². The highest BCUT2D eigenvalue weighted by Gasteiger charge is 2.16. The van der Waals surface area contributed by atoms with Gasteiger partial charge < -0.3 is 10.4 Å². The lowest BCUT2D eigenvalue weighted by Gasteiger charge is -2.12. The Hall–Kier alpha value is -2.22. The summed E-state index contributed by atoms with van der Waals surface area (Å²) in [5.74, 6) is -2.06. The van der Waals surface area contributed by atoms with E-state index >= 15 is 0 Å². The van der Waals surface area contributed by atoms with E-state index in [0.29, 0.717) is 6.08 Å². The number of aromatic nitrogens is 1. The molecule has 3 N–H and O–H groups in total. The molecule has 20 heavy (non-hydrogen) atoms. The third-order valence-electron chi connectivity index (χ3n) is 2.29. The molecule has 0 bridgehead atoms. The summed E-state index contributed by atoms with van der Waals surface area (Å²) in [7, 11) is 0. The Balaban J connectivity index is 2.56. The Morgan fingerprint density at radius 3 is 2.45 bits per heavy atom. The number of amides is 3. The van der Waals surface area contributed by atoms with Crippen molar-refractivity contribution in [3.8, 4) is 0 Å². The van der Waals surface area contributed by atoms with Gasteiger partial charge >= 0.3 is 12.0 Å². The molecule has 0 spiro atoms. The fourth-order valence-electron chi connectivity index (χ4n) is 1.55. The maximum absolute atomic E-state index is 11.6. The number of nitrogens with zero attached hydrogens (tertiary/aromatic N) is 1. The molecule has 1 unspecified atom stereocenters. The van der Waals surface area contributed by atoms with E-state index in [2.05, 4.69) is 10.3 Å². The number of thiazole rings is 1. The Kier molecular flexibility index (Phi) is 5.39. The van der Waals surface area contributed by atoms with E-state index in [1.54, 1.807) is 6.92 Å². The Morgan fingerprint density at radius 1 is 1.30 bits per heavy atom. The van der Waals surface area contributed by atoms with Gasteiger partial charge in [0.05, 0.1) is 16.7 Å². The molecule has 0 aliphatic heterocycles. The number of carbonyl (C=O) groups is 3. The lowest BCUT2D eigenvalue weighted by molar-refractivity contribution is -0.131. The maximum Gasteiger partial charge on any atom is 0.328 e. The average molecular weight is 297 g/mol. The fraction of sp³-hybridized carbons (Fsp3) is 0.333. The number of carboxylic acid groups (broad SMARTS) is 1. The van der Waals surface area contributed by atoms with E-state index in [0.717, 1.165) is 21.7 Å². The zero-order valence-electron chi connectivity index (χ0n) is 11.3. The smallest absolute Gasteiger partial charge is 0.328 e. The third kappa shape index (κ3) is 4.81. The van der Waals surface area contributed by atoms with Crippen molar-refractivity contribution >= 4 is 29.2 Å². The summed E-state index contributed by atoms with van der Waals surface area (Å²) < 4.78 is 0. The molecule has 7 nitrogen and oxygen atoms in total. The second-order valence-corrected chi connectivity index (χ2v) is 5.27. The highest BCUT2D eigenvalue weighted by Crippen LogP contribution is 2.24. The van der Waals surface area contributed by atoms with Crippen LogP contribution in [0.15, 0.2) is 12.2 Å². The van der Waals surface area contributed by atoms with Crippen LogP contribution in [0, 0.1) is 13.8 Å². The highest BCUT2D eigenvalue weighted by molar-refractivity contribution is 7.11. The molecule has 1 aromatic rings. The van der Waals surface area contributed by atoms with Gasteiger partial charge in [-0.15, -0.1) is 11.3 Å². The van der Waals surface area contributed by atoms with Crippen LogP contribution < -0.4 is 10.6 Å². The molecule has 108 valence electrons. The average Bonchev–Trinajstić information content (AvgIpc) is 2.65. The number of carboxylic acids is 1. The van der Waals surface area contributed by atoms with Crippen LogP contribution in [-0.2, 0) is 9.59 Å². The molecular formula is C12H15N3O4S. The van der Waals surface area contributed by atoms with Gasteiger partial charge in [-0.2, -0.15) is 0 Å². The topological polar surface area (TPSA) is 108 Å². The van der Waals surface area contributed by atoms with Gasteiger partial charge in [-0.3, -0.25) is 10.1 Å². The number of urea groups is 1. The first-order valence-electron chi connectivity index (χ1n) is 5.76. The first kappa shape index (κ1) is 15.8. The summed E-state index contributed by atoms with van der Waals surface area (Å²) in [5, 5.41) is 13.8. The van der Waals surface area contributed by atoms with Crippen molar-refractivity contribution in [1.29, 1.82) is 0 Å². The lowest BCUT2D eigenvalue weighted by atomic mass is 10.2. The summed E-state index contributed by atoms with van der Waals surface area (Å²) in [6.45, 7) is 5.49. The normalized spacial score (nSPS) is 12.2. The number of nitrogens with one attached hydrogen (secondary N) is 2. The Bertz CT molecular complexity index is 565. The number of aryl methyl sites for hydroxylation is 2. The molecule has 8 heteroatoms. The van der Waals surface area contributed by atoms with Crippen molar-refractivity contribution in [1.82, 2.24) is 15.6 Å². The predicted molar refractivity (Wildman–Crippen MR) is 73.5 cm³/mol. The van der Waals surface area contributed by atoms with Crippen molar-refractivity contribution in [2.24, 2.45) is 0 Å². The number of hydrogen-bond acceptors (Lipinski definition) is 5. The van der Waals surface area contributed by atoms with Gasteiger partial charge in [0.1, 0.15) is 0 Å². The fourth-order valence-corrected chi connectivity index (χ4v) is 2.48. The second kappa shape index (κ2) is 6.80. The predicted octanol–water partition coefficient (Wildman–Crippen LogP) is 1.29. The van der Waals surface area contributed by atoms with Crippen LogP contribution >= 0.6 is 11.3 Å². The van der Waals surface area contributed by atoms with E-state index in [9.17, 15) is 14.4 Å². The van der Waals surface area contributed by atoms with Crippen LogP contribution in [0.5, 0.6) is 0 Å².